The number of hydrogen-bond acceptors (Lipinski definition) is 5. The maximum atomic E-state index is 13.3. The van der Waals surface area contributed by atoms with Crippen molar-refractivity contribution in [3.63, 3.8) is 0 Å². The van der Waals surface area contributed by atoms with Gasteiger partial charge < -0.3 is 10.2 Å². The number of carbonyl (C=O) groups excluding carboxylic acids is 2. The maximum absolute atomic E-state index is 13.3. The van der Waals surface area contributed by atoms with Gasteiger partial charge in [-0.05, 0) is 43.5 Å². The summed E-state index contributed by atoms with van der Waals surface area (Å²) in [5.74, 6) is -0.469. The molecule has 0 radical (unpaired) electrons. The van der Waals surface area contributed by atoms with Crippen LogP contribution in [0.15, 0.2) is 39.9 Å². The minimum absolute atomic E-state index is 0.0838. The molecule has 1 aliphatic carbocycles. The van der Waals surface area contributed by atoms with Crippen molar-refractivity contribution in [3.8, 4) is 0 Å². The van der Waals surface area contributed by atoms with Crippen LogP contribution in [0.5, 0.6) is 0 Å². The molecular weight excluding hydrogens is 410 g/mol. The Morgan fingerprint density at radius 2 is 1.97 bits per heavy atom. The number of nitrogens with zero attached hydrogens (tertiary/aromatic N) is 3. The molecule has 0 atom stereocenters. The van der Waals surface area contributed by atoms with Gasteiger partial charge in [0, 0.05) is 43.5 Å². The molecule has 166 valence electrons. The lowest BCUT2D eigenvalue weighted by molar-refractivity contribution is 0.0827. The second kappa shape index (κ2) is 8.41. The van der Waals surface area contributed by atoms with Crippen LogP contribution in [0.1, 0.15) is 58.5 Å². The van der Waals surface area contributed by atoms with Crippen LogP contribution in [0, 0.1) is 0 Å². The van der Waals surface area contributed by atoms with Gasteiger partial charge in [-0.25, -0.2) is 9.78 Å². The fourth-order valence-electron chi connectivity index (χ4n) is 3.68. The van der Waals surface area contributed by atoms with Crippen molar-refractivity contribution in [2.75, 3.05) is 19.4 Å². The summed E-state index contributed by atoms with van der Waals surface area (Å²) in [7, 11) is 3.30. The third kappa shape index (κ3) is 4.05. The number of aryl methyl sites for hydroxylation is 1. The van der Waals surface area contributed by atoms with Crippen molar-refractivity contribution in [1.82, 2.24) is 19.4 Å². The van der Waals surface area contributed by atoms with E-state index >= 15 is 0 Å². The van der Waals surface area contributed by atoms with Gasteiger partial charge in [-0.15, -0.1) is 0 Å². The number of amides is 2. The lowest BCUT2D eigenvalue weighted by atomic mass is 10.1. The normalized spacial score (nSPS) is 13.2. The molecule has 2 amide bonds. The summed E-state index contributed by atoms with van der Waals surface area (Å²) in [6.07, 6.45) is 2.58. The smallest absolute Gasteiger partial charge is 0.329 e. The molecule has 0 saturated heterocycles. The summed E-state index contributed by atoms with van der Waals surface area (Å²) in [6.45, 7) is 2.30. The fraction of sp³-hybridized carbons (Fsp3) is 0.348. The molecule has 0 unspecified atom stereocenters. The number of H-pyrrole nitrogens is 1. The van der Waals surface area contributed by atoms with E-state index in [-0.39, 0.29) is 28.4 Å². The first-order valence-corrected chi connectivity index (χ1v) is 10.6. The van der Waals surface area contributed by atoms with Crippen molar-refractivity contribution in [2.24, 2.45) is 0 Å². The molecule has 0 bridgehead atoms. The summed E-state index contributed by atoms with van der Waals surface area (Å²) in [5, 5.41) is 2.87. The zero-order chi connectivity index (χ0) is 23.0. The van der Waals surface area contributed by atoms with E-state index in [2.05, 4.69) is 15.3 Å². The van der Waals surface area contributed by atoms with Crippen LogP contribution in [-0.2, 0) is 6.54 Å². The summed E-state index contributed by atoms with van der Waals surface area (Å²) >= 11 is 0. The predicted molar refractivity (Wildman–Crippen MR) is 121 cm³/mol. The van der Waals surface area contributed by atoms with Crippen molar-refractivity contribution in [3.05, 3.63) is 68.0 Å². The molecule has 2 aromatic heterocycles. The summed E-state index contributed by atoms with van der Waals surface area (Å²) in [4.78, 5) is 59.0. The van der Waals surface area contributed by atoms with Crippen molar-refractivity contribution in [1.29, 1.82) is 0 Å². The van der Waals surface area contributed by atoms with Gasteiger partial charge in [-0.2, -0.15) is 0 Å². The number of carbonyl (C=O) groups is 2. The van der Waals surface area contributed by atoms with Crippen LogP contribution in [0.4, 0.5) is 5.69 Å². The Bertz CT molecular complexity index is 1330. The van der Waals surface area contributed by atoms with Crippen molar-refractivity contribution >= 4 is 28.5 Å². The molecule has 3 aromatic rings. The van der Waals surface area contributed by atoms with E-state index < -0.39 is 17.2 Å². The van der Waals surface area contributed by atoms with E-state index in [9.17, 15) is 19.2 Å². The number of anilines is 1. The van der Waals surface area contributed by atoms with E-state index in [1.54, 1.807) is 44.4 Å². The topological polar surface area (TPSA) is 117 Å². The third-order valence-corrected chi connectivity index (χ3v) is 5.43. The molecule has 0 spiro atoms. The van der Waals surface area contributed by atoms with E-state index in [4.69, 9.17) is 0 Å². The largest absolute Gasteiger partial charge is 0.345 e. The number of nitrogens with one attached hydrogen (secondary N) is 2. The average Bonchev–Trinajstić information content (AvgIpc) is 3.60. The Morgan fingerprint density at radius 1 is 1.22 bits per heavy atom. The molecule has 1 aliphatic rings. The third-order valence-electron chi connectivity index (χ3n) is 5.43. The Kier molecular flexibility index (Phi) is 5.65. The standard InChI is InChI=1S/C23H25N5O4/c1-4-10-28-19-18(21(30)26-23(28)32)16(12-17(25-19)13-8-9-13)20(29)24-15-7-5-6-14(11-15)22(31)27(2)3/h5-7,11-13H,4,8-10H2,1-3H3,(H,24,29)(H,26,30,32). The van der Waals surface area contributed by atoms with Gasteiger partial charge in [0.25, 0.3) is 17.4 Å². The molecule has 1 saturated carbocycles. The van der Waals surface area contributed by atoms with Crippen molar-refractivity contribution < 1.29 is 9.59 Å². The Balaban J connectivity index is 1.82. The molecule has 0 aliphatic heterocycles. The van der Waals surface area contributed by atoms with Gasteiger partial charge in [-0.3, -0.25) is 23.9 Å². The van der Waals surface area contributed by atoms with Crippen molar-refractivity contribution in [2.45, 2.75) is 38.6 Å². The van der Waals surface area contributed by atoms with Crippen LogP contribution in [0.2, 0.25) is 0 Å². The van der Waals surface area contributed by atoms with Crippen LogP contribution in [-0.4, -0.2) is 45.3 Å². The summed E-state index contributed by atoms with van der Waals surface area (Å²) in [5.41, 5.74) is 0.771. The van der Waals surface area contributed by atoms with Gasteiger partial charge >= 0.3 is 5.69 Å². The van der Waals surface area contributed by atoms with Gasteiger partial charge in [0.05, 0.1) is 10.9 Å². The molecular formula is C23H25N5O4. The first-order chi connectivity index (χ1) is 15.3. The molecule has 2 heterocycles. The Hall–Kier alpha value is -3.75. The lowest BCUT2D eigenvalue weighted by Crippen LogP contribution is -2.32. The van der Waals surface area contributed by atoms with Gasteiger partial charge in [0.1, 0.15) is 0 Å². The number of hydrogen-bond donors (Lipinski definition) is 2. The number of fused-ring (bicyclic) bond motifs is 1. The first-order valence-electron chi connectivity index (χ1n) is 10.6. The SMILES string of the molecule is CCCn1c(=O)[nH]c(=O)c2c(C(=O)Nc3cccc(C(=O)N(C)C)c3)cc(C3CC3)nc21. The molecule has 32 heavy (non-hydrogen) atoms. The zero-order valence-electron chi connectivity index (χ0n) is 18.3. The molecule has 4 rings (SSSR count). The molecule has 1 aromatic carbocycles. The van der Waals surface area contributed by atoms with E-state index in [0.717, 1.165) is 12.8 Å². The van der Waals surface area contributed by atoms with E-state index in [1.165, 1.54) is 9.47 Å². The highest BCUT2D eigenvalue weighted by Gasteiger charge is 2.28. The van der Waals surface area contributed by atoms with Crippen LogP contribution in [0.3, 0.4) is 0 Å². The molecule has 9 heteroatoms. The van der Waals surface area contributed by atoms with Crippen LogP contribution >= 0.6 is 0 Å². The van der Waals surface area contributed by atoms with Gasteiger partial charge in [-0.1, -0.05) is 13.0 Å². The Morgan fingerprint density at radius 3 is 2.62 bits per heavy atom. The molecule has 9 nitrogen and oxygen atoms in total. The van der Waals surface area contributed by atoms with E-state index in [1.807, 2.05) is 6.92 Å². The first kappa shape index (κ1) is 21.5. The highest BCUT2D eigenvalue weighted by atomic mass is 16.2. The fourth-order valence-corrected chi connectivity index (χ4v) is 3.68. The summed E-state index contributed by atoms with van der Waals surface area (Å²) < 4.78 is 1.41. The number of aromatic nitrogens is 3. The number of benzene rings is 1. The quantitative estimate of drug-likeness (QED) is 0.616. The Labute approximate surface area is 184 Å². The minimum Gasteiger partial charge on any atom is -0.345 e. The lowest BCUT2D eigenvalue weighted by Gasteiger charge is -2.14. The van der Waals surface area contributed by atoms with Gasteiger partial charge in [0.15, 0.2) is 5.65 Å². The second-order valence-corrected chi connectivity index (χ2v) is 8.21. The minimum atomic E-state index is -0.645. The predicted octanol–water partition coefficient (Wildman–Crippen LogP) is 2.33. The number of pyridine rings is 1. The number of aromatic amines is 1. The highest BCUT2D eigenvalue weighted by molar-refractivity contribution is 6.12. The van der Waals surface area contributed by atoms with E-state index in [0.29, 0.717) is 29.9 Å². The summed E-state index contributed by atoms with van der Waals surface area (Å²) in [6, 6.07) is 8.24. The second-order valence-electron chi connectivity index (χ2n) is 8.21. The monoisotopic (exact) mass is 435 g/mol. The highest BCUT2D eigenvalue weighted by Crippen LogP contribution is 2.40. The molecule has 1 fully saturated rings. The zero-order valence-corrected chi connectivity index (χ0v) is 18.3. The molecule has 2 N–H and O–H groups in total. The van der Waals surface area contributed by atoms with Crippen LogP contribution in [0.25, 0.3) is 11.0 Å². The van der Waals surface area contributed by atoms with Crippen LogP contribution < -0.4 is 16.6 Å². The number of rotatable bonds is 6. The maximum Gasteiger partial charge on any atom is 0.329 e. The average molecular weight is 435 g/mol. The van der Waals surface area contributed by atoms with Gasteiger partial charge in [0.2, 0.25) is 0 Å².